The van der Waals surface area contributed by atoms with Gasteiger partial charge in [0.25, 0.3) is 11.8 Å². The first-order valence-corrected chi connectivity index (χ1v) is 11.5. The molecule has 36 heavy (non-hydrogen) atoms. The number of likely N-dealkylation sites (tertiary alicyclic amines) is 1. The van der Waals surface area contributed by atoms with Gasteiger partial charge in [0.15, 0.2) is 0 Å². The Balaban J connectivity index is 1.43. The molecule has 1 aliphatic heterocycles. The summed E-state index contributed by atoms with van der Waals surface area (Å²) in [6, 6.07) is 4.30. The molecule has 0 saturated carbocycles. The summed E-state index contributed by atoms with van der Waals surface area (Å²) in [6.45, 7) is -0.0228. The highest BCUT2D eigenvalue weighted by Crippen LogP contribution is 2.36. The Bertz CT molecular complexity index is 1230. The summed E-state index contributed by atoms with van der Waals surface area (Å²) in [5, 5.41) is 4.92. The highest BCUT2D eigenvalue weighted by Gasteiger charge is 2.46. The van der Waals surface area contributed by atoms with Crippen LogP contribution in [0.5, 0.6) is 0 Å². The zero-order valence-corrected chi connectivity index (χ0v) is 19.8. The number of alkyl halides is 2. The van der Waals surface area contributed by atoms with E-state index in [2.05, 4.69) is 10.6 Å². The highest BCUT2D eigenvalue weighted by atomic mass is 35.5. The van der Waals surface area contributed by atoms with Crippen molar-refractivity contribution in [3.63, 3.8) is 0 Å². The Labute approximate surface area is 208 Å². The second kappa shape index (κ2) is 9.96. The van der Waals surface area contributed by atoms with Crippen LogP contribution >= 0.6 is 11.6 Å². The van der Waals surface area contributed by atoms with E-state index in [0.29, 0.717) is 5.56 Å². The van der Waals surface area contributed by atoms with Crippen molar-refractivity contribution >= 4 is 35.2 Å². The number of rotatable bonds is 5. The molecule has 1 unspecified atom stereocenters. The van der Waals surface area contributed by atoms with Crippen molar-refractivity contribution in [2.45, 2.75) is 44.2 Å². The number of hydrogen-bond donors (Lipinski definition) is 2. The standard InChI is InChI=1S/C24H22ClF4N3O4/c1-12(33)32-11-24(28,29)9-14(32)10-36-23(35)31-20-7-4-15-16(3-6-19(27)21(15)20)22(34)30-13-2-5-18(26)17(25)8-13/h2-3,5-6,8,14,20H,4,7,9-11H2,1H3,(H,30,34)(H,31,35)/t14?,20-/m0/s1. The molecule has 3 amide bonds. The van der Waals surface area contributed by atoms with Crippen LogP contribution in [0.2, 0.25) is 5.02 Å². The molecular formula is C24H22ClF4N3O4. The van der Waals surface area contributed by atoms with E-state index in [9.17, 15) is 31.9 Å². The number of halogens is 5. The second-order valence-corrected chi connectivity index (χ2v) is 9.17. The number of ether oxygens (including phenoxy) is 1. The zero-order valence-electron chi connectivity index (χ0n) is 19.0. The summed E-state index contributed by atoms with van der Waals surface area (Å²) in [7, 11) is 0. The average Bonchev–Trinajstić information content (AvgIpc) is 3.36. The van der Waals surface area contributed by atoms with Crippen LogP contribution in [-0.4, -0.2) is 47.9 Å². The molecule has 192 valence electrons. The van der Waals surface area contributed by atoms with Crippen LogP contribution in [0.1, 0.15) is 47.3 Å². The largest absolute Gasteiger partial charge is 0.447 e. The Morgan fingerprint density at radius 2 is 1.89 bits per heavy atom. The molecule has 1 saturated heterocycles. The van der Waals surface area contributed by atoms with Gasteiger partial charge in [-0.1, -0.05) is 11.6 Å². The zero-order chi connectivity index (χ0) is 26.2. The molecule has 2 N–H and O–H groups in total. The topological polar surface area (TPSA) is 87.7 Å². The minimum absolute atomic E-state index is 0.120. The van der Waals surface area contributed by atoms with Gasteiger partial charge in [0.1, 0.15) is 18.2 Å². The maximum absolute atomic E-state index is 14.7. The normalized spacial score (nSPS) is 20.1. The SMILES string of the molecule is CC(=O)N1CC(F)(F)CC1COC(=O)N[C@H]1CCc2c(C(=O)Nc3ccc(F)c(Cl)c3)ccc(F)c21. The fourth-order valence-corrected chi connectivity index (χ4v) is 4.80. The van der Waals surface area contributed by atoms with Gasteiger partial charge in [0, 0.05) is 30.2 Å². The number of amides is 3. The molecule has 0 radical (unpaired) electrons. The molecule has 1 aliphatic carbocycles. The highest BCUT2D eigenvalue weighted by molar-refractivity contribution is 6.31. The first-order chi connectivity index (χ1) is 16.9. The molecule has 0 aromatic heterocycles. The average molecular weight is 528 g/mol. The number of benzene rings is 2. The third-order valence-corrected chi connectivity index (χ3v) is 6.53. The van der Waals surface area contributed by atoms with Gasteiger partial charge < -0.3 is 20.3 Å². The van der Waals surface area contributed by atoms with Crippen molar-refractivity contribution < 1.29 is 36.7 Å². The maximum atomic E-state index is 14.7. The van der Waals surface area contributed by atoms with Gasteiger partial charge in [-0.15, -0.1) is 0 Å². The lowest BCUT2D eigenvalue weighted by Crippen LogP contribution is -2.39. The van der Waals surface area contributed by atoms with Gasteiger partial charge in [0.05, 0.1) is 23.7 Å². The molecule has 2 aliphatic rings. The quantitative estimate of drug-likeness (QED) is 0.545. The number of hydrogen-bond acceptors (Lipinski definition) is 4. The van der Waals surface area contributed by atoms with Gasteiger partial charge in [0.2, 0.25) is 5.91 Å². The Morgan fingerprint density at radius 1 is 1.17 bits per heavy atom. The predicted molar refractivity (Wildman–Crippen MR) is 122 cm³/mol. The number of carbonyl (C=O) groups excluding carboxylic acids is 3. The van der Waals surface area contributed by atoms with E-state index in [4.69, 9.17) is 16.3 Å². The number of nitrogens with one attached hydrogen (secondary N) is 2. The van der Waals surface area contributed by atoms with Crippen LogP contribution in [0.4, 0.5) is 28.0 Å². The molecular weight excluding hydrogens is 506 g/mol. The van der Waals surface area contributed by atoms with Gasteiger partial charge in [-0.3, -0.25) is 9.59 Å². The monoisotopic (exact) mass is 527 g/mol. The molecule has 4 rings (SSSR count). The van der Waals surface area contributed by atoms with E-state index in [-0.39, 0.29) is 34.7 Å². The molecule has 2 aromatic carbocycles. The van der Waals surface area contributed by atoms with Crippen molar-refractivity contribution in [1.29, 1.82) is 0 Å². The number of carbonyl (C=O) groups is 3. The lowest BCUT2D eigenvalue weighted by Gasteiger charge is -2.22. The maximum Gasteiger partial charge on any atom is 0.407 e. The Kier molecular flexibility index (Phi) is 7.12. The van der Waals surface area contributed by atoms with Gasteiger partial charge >= 0.3 is 6.09 Å². The summed E-state index contributed by atoms with van der Waals surface area (Å²) in [4.78, 5) is 37.8. The van der Waals surface area contributed by atoms with E-state index in [1.165, 1.54) is 18.2 Å². The summed E-state index contributed by atoms with van der Waals surface area (Å²) >= 11 is 5.75. The fraction of sp³-hybridized carbons (Fsp3) is 0.375. The Hall–Kier alpha value is -3.34. The fourth-order valence-electron chi connectivity index (χ4n) is 4.62. The van der Waals surface area contributed by atoms with Crippen LogP contribution in [-0.2, 0) is 16.0 Å². The van der Waals surface area contributed by atoms with Gasteiger partial charge in [-0.2, -0.15) is 0 Å². The van der Waals surface area contributed by atoms with Crippen LogP contribution < -0.4 is 10.6 Å². The van der Waals surface area contributed by atoms with Crippen LogP contribution in [0.3, 0.4) is 0 Å². The minimum Gasteiger partial charge on any atom is -0.447 e. The summed E-state index contributed by atoms with van der Waals surface area (Å²) < 4.78 is 60.6. The van der Waals surface area contributed by atoms with E-state index in [1.807, 2.05) is 0 Å². The van der Waals surface area contributed by atoms with E-state index in [0.717, 1.165) is 24.0 Å². The van der Waals surface area contributed by atoms with Crippen molar-refractivity contribution in [2.75, 3.05) is 18.5 Å². The molecule has 1 fully saturated rings. The van der Waals surface area contributed by atoms with Gasteiger partial charge in [-0.25, -0.2) is 22.4 Å². The first kappa shape index (κ1) is 25.7. The van der Waals surface area contributed by atoms with E-state index < -0.39 is 67.1 Å². The lowest BCUT2D eigenvalue weighted by molar-refractivity contribution is -0.131. The molecule has 0 bridgehead atoms. The van der Waals surface area contributed by atoms with Crippen LogP contribution in [0.25, 0.3) is 0 Å². The molecule has 2 aromatic rings. The Morgan fingerprint density at radius 3 is 2.58 bits per heavy atom. The van der Waals surface area contributed by atoms with Crippen molar-refractivity contribution in [1.82, 2.24) is 10.2 Å². The molecule has 2 atom stereocenters. The number of fused-ring (bicyclic) bond motifs is 1. The number of alkyl carbamates (subject to hydrolysis) is 1. The smallest absolute Gasteiger partial charge is 0.407 e. The summed E-state index contributed by atoms with van der Waals surface area (Å²) in [6.07, 6.45) is -1.03. The van der Waals surface area contributed by atoms with Gasteiger partial charge in [-0.05, 0) is 48.7 Å². The summed E-state index contributed by atoms with van der Waals surface area (Å²) in [5.74, 6) is -5.47. The molecule has 0 spiro atoms. The van der Waals surface area contributed by atoms with Crippen LogP contribution in [0.15, 0.2) is 30.3 Å². The predicted octanol–water partition coefficient (Wildman–Crippen LogP) is 4.84. The number of nitrogens with zero attached hydrogens (tertiary/aromatic N) is 1. The molecule has 12 heteroatoms. The van der Waals surface area contributed by atoms with Crippen molar-refractivity contribution in [3.8, 4) is 0 Å². The van der Waals surface area contributed by atoms with Crippen LogP contribution in [0, 0.1) is 11.6 Å². The number of anilines is 1. The second-order valence-electron chi connectivity index (χ2n) is 8.77. The first-order valence-electron chi connectivity index (χ1n) is 11.1. The van der Waals surface area contributed by atoms with Crippen molar-refractivity contribution in [2.24, 2.45) is 0 Å². The minimum atomic E-state index is -3.07. The van der Waals surface area contributed by atoms with E-state index >= 15 is 0 Å². The molecule has 1 heterocycles. The lowest BCUT2D eigenvalue weighted by atomic mass is 10.0. The third kappa shape index (κ3) is 5.40. The summed E-state index contributed by atoms with van der Waals surface area (Å²) in [5.41, 5.74) is 0.936. The molecule has 7 nitrogen and oxygen atoms in total. The van der Waals surface area contributed by atoms with E-state index in [1.54, 1.807) is 0 Å². The third-order valence-electron chi connectivity index (χ3n) is 6.24. The van der Waals surface area contributed by atoms with Crippen molar-refractivity contribution in [3.05, 3.63) is 63.7 Å².